The molecule has 0 radical (unpaired) electrons. The molecule has 1 fully saturated rings. The minimum absolute atomic E-state index is 0.468. The fourth-order valence-corrected chi connectivity index (χ4v) is 1.77. The fourth-order valence-electron chi connectivity index (χ4n) is 1.77. The Hall–Kier alpha value is -0.0800. The Labute approximate surface area is 68.2 Å². The van der Waals surface area contributed by atoms with Gasteiger partial charge in [0.1, 0.15) is 0 Å². The van der Waals surface area contributed by atoms with Gasteiger partial charge in [0.2, 0.25) is 0 Å². The van der Waals surface area contributed by atoms with E-state index in [0.29, 0.717) is 11.8 Å². The van der Waals surface area contributed by atoms with Crippen LogP contribution in [0.5, 0.6) is 0 Å². The maximum atomic E-state index is 9.35. The summed E-state index contributed by atoms with van der Waals surface area (Å²) in [7, 11) is 0. The Kier molecular flexibility index (Phi) is 2.90. The van der Waals surface area contributed by atoms with Crippen LogP contribution in [0.3, 0.4) is 0 Å². The van der Waals surface area contributed by atoms with E-state index in [1.807, 2.05) is 0 Å². The molecule has 0 spiro atoms. The van der Waals surface area contributed by atoms with Gasteiger partial charge in [-0.25, -0.2) is 0 Å². The van der Waals surface area contributed by atoms with Crippen LogP contribution in [-0.2, 0) is 0 Å². The van der Waals surface area contributed by atoms with Crippen molar-refractivity contribution < 1.29 is 10.2 Å². The van der Waals surface area contributed by atoms with E-state index >= 15 is 0 Å². The highest BCUT2D eigenvalue weighted by Crippen LogP contribution is 2.29. The molecule has 0 heterocycles. The van der Waals surface area contributed by atoms with E-state index in [1.54, 1.807) is 0 Å². The maximum absolute atomic E-state index is 9.35. The van der Waals surface area contributed by atoms with Gasteiger partial charge in [-0.15, -0.1) is 0 Å². The zero-order valence-corrected chi connectivity index (χ0v) is 7.33. The van der Waals surface area contributed by atoms with Crippen LogP contribution in [0.25, 0.3) is 0 Å². The van der Waals surface area contributed by atoms with Crippen molar-refractivity contribution in [3.05, 3.63) is 0 Å². The van der Waals surface area contributed by atoms with Crippen molar-refractivity contribution in [3.8, 4) is 0 Å². The molecular formula is C9H18O2. The number of aliphatic hydroxyl groups excluding tert-OH is 2. The first kappa shape index (κ1) is 9.01. The molecule has 0 saturated heterocycles. The zero-order chi connectivity index (χ0) is 8.43. The van der Waals surface area contributed by atoms with Gasteiger partial charge in [0.25, 0.3) is 0 Å². The van der Waals surface area contributed by atoms with E-state index in [0.717, 1.165) is 19.3 Å². The van der Waals surface area contributed by atoms with E-state index in [-0.39, 0.29) is 0 Å². The molecule has 0 aromatic heterocycles. The van der Waals surface area contributed by atoms with Crippen LogP contribution < -0.4 is 0 Å². The van der Waals surface area contributed by atoms with Gasteiger partial charge in [0, 0.05) is 0 Å². The molecule has 1 rings (SSSR count). The highest BCUT2D eigenvalue weighted by molar-refractivity contribution is 4.80. The van der Waals surface area contributed by atoms with Crippen molar-refractivity contribution in [2.24, 2.45) is 11.8 Å². The van der Waals surface area contributed by atoms with Crippen LogP contribution in [0.15, 0.2) is 0 Å². The van der Waals surface area contributed by atoms with Crippen LogP contribution in [0.4, 0.5) is 0 Å². The molecule has 1 saturated carbocycles. The highest BCUT2D eigenvalue weighted by atomic mass is 16.3. The third kappa shape index (κ3) is 2.17. The molecule has 0 amide bonds. The highest BCUT2D eigenvalue weighted by Gasteiger charge is 2.28. The third-order valence-electron chi connectivity index (χ3n) is 2.76. The van der Waals surface area contributed by atoms with E-state index in [9.17, 15) is 10.2 Å². The first-order valence-corrected chi connectivity index (χ1v) is 4.47. The summed E-state index contributed by atoms with van der Waals surface area (Å²) in [6.07, 6.45) is 1.67. The lowest BCUT2D eigenvalue weighted by Gasteiger charge is -2.32. The Morgan fingerprint density at radius 3 is 2.18 bits per heavy atom. The van der Waals surface area contributed by atoms with Crippen molar-refractivity contribution >= 4 is 0 Å². The summed E-state index contributed by atoms with van der Waals surface area (Å²) in [6.45, 7) is 4.35. The molecule has 0 unspecified atom stereocenters. The second-order valence-corrected chi connectivity index (χ2v) is 3.95. The van der Waals surface area contributed by atoms with Crippen molar-refractivity contribution in [1.82, 2.24) is 0 Å². The predicted octanol–water partition coefficient (Wildman–Crippen LogP) is 1.16. The summed E-state index contributed by atoms with van der Waals surface area (Å²) in [4.78, 5) is 0. The number of hydrogen-bond acceptors (Lipinski definition) is 2. The van der Waals surface area contributed by atoms with E-state index < -0.39 is 12.2 Å². The van der Waals surface area contributed by atoms with Crippen LogP contribution in [-0.4, -0.2) is 22.4 Å². The van der Waals surface area contributed by atoms with E-state index in [1.165, 1.54) is 0 Å². The molecule has 2 heteroatoms. The average Bonchev–Trinajstić information content (AvgIpc) is 1.94. The van der Waals surface area contributed by atoms with Gasteiger partial charge in [0.15, 0.2) is 0 Å². The van der Waals surface area contributed by atoms with Gasteiger partial charge in [-0.1, -0.05) is 13.8 Å². The molecule has 0 aliphatic heterocycles. The van der Waals surface area contributed by atoms with Crippen molar-refractivity contribution in [2.75, 3.05) is 0 Å². The normalized spacial score (nSPS) is 39.5. The Morgan fingerprint density at radius 2 is 1.73 bits per heavy atom. The monoisotopic (exact) mass is 158 g/mol. The van der Waals surface area contributed by atoms with Gasteiger partial charge in [0.05, 0.1) is 12.2 Å². The Balaban J connectivity index is 2.40. The molecule has 0 bridgehead atoms. The first-order chi connectivity index (χ1) is 5.11. The van der Waals surface area contributed by atoms with Gasteiger partial charge >= 0.3 is 0 Å². The largest absolute Gasteiger partial charge is 0.390 e. The van der Waals surface area contributed by atoms with Gasteiger partial charge in [-0.3, -0.25) is 0 Å². The fraction of sp³-hybridized carbons (Fsp3) is 1.00. The Bertz CT molecular complexity index is 123. The molecule has 1 aliphatic rings. The maximum Gasteiger partial charge on any atom is 0.0801 e. The van der Waals surface area contributed by atoms with Crippen molar-refractivity contribution in [1.29, 1.82) is 0 Å². The van der Waals surface area contributed by atoms with Gasteiger partial charge < -0.3 is 10.2 Å². The minimum Gasteiger partial charge on any atom is -0.390 e. The van der Waals surface area contributed by atoms with E-state index in [2.05, 4.69) is 13.8 Å². The standard InChI is InChI=1S/C9H18O2/c1-6(2)7-3-4-8(10)9(11)5-7/h6-11H,3-5H2,1-2H3/t7-,8+,9-/m1/s1. The molecule has 0 aromatic carbocycles. The molecule has 66 valence electrons. The summed E-state index contributed by atoms with van der Waals surface area (Å²) in [5.74, 6) is 1.24. The van der Waals surface area contributed by atoms with Crippen LogP contribution in [0, 0.1) is 11.8 Å². The zero-order valence-electron chi connectivity index (χ0n) is 7.33. The lowest BCUT2D eigenvalue weighted by atomic mass is 9.79. The SMILES string of the molecule is CC(C)[C@@H]1CC[C@H](O)[C@H](O)C1. The molecule has 0 aromatic rings. The van der Waals surface area contributed by atoms with Crippen molar-refractivity contribution in [2.45, 2.75) is 45.3 Å². The summed E-state index contributed by atoms with van der Waals surface area (Å²) < 4.78 is 0. The topological polar surface area (TPSA) is 40.5 Å². The molecular weight excluding hydrogens is 140 g/mol. The van der Waals surface area contributed by atoms with Crippen LogP contribution >= 0.6 is 0 Å². The summed E-state index contributed by atoms with van der Waals surface area (Å²) in [6, 6.07) is 0. The van der Waals surface area contributed by atoms with Gasteiger partial charge in [-0.2, -0.15) is 0 Å². The summed E-state index contributed by atoms with van der Waals surface area (Å²) in [5.41, 5.74) is 0. The molecule has 11 heavy (non-hydrogen) atoms. The van der Waals surface area contributed by atoms with Crippen LogP contribution in [0.1, 0.15) is 33.1 Å². The number of rotatable bonds is 1. The summed E-state index contributed by atoms with van der Waals surface area (Å²) in [5, 5.41) is 18.6. The lowest BCUT2D eigenvalue weighted by Crippen LogP contribution is -2.35. The summed E-state index contributed by atoms with van der Waals surface area (Å²) >= 11 is 0. The first-order valence-electron chi connectivity index (χ1n) is 4.47. The molecule has 1 aliphatic carbocycles. The number of aliphatic hydroxyl groups is 2. The van der Waals surface area contributed by atoms with Crippen LogP contribution in [0.2, 0.25) is 0 Å². The predicted molar refractivity (Wildman–Crippen MR) is 44.2 cm³/mol. The average molecular weight is 158 g/mol. The second kappa shape index (κ2) is 3.55. The molecule has 3 atom stereocenters. The molecule has 2 nitrogen and oxygen atoms in total. The Morgan fingerprint density at radius 1 is 1.09 bits per heavy atom. The minimum atomic E-state index is -0.476. The second-order valence-electron chi connectivity index (χ2n) is 3.95. The van der Waals surface area contributed by atoms with Crippen molar-refractivity contribution in [3.63, 3.8) is 0 Å². The molecule has 2 N–H and O–H groups in total. The smallest absolute Gasteiger partial charge is 0.0801 e. The lowest BCUT2D eigenvalue weighted by molar-refractivity contribution is -0.0321. The number of hydrogen-bond donors (Lipinski definition) is 2. The quantitative estimate of drug-likeness (QED) is 0.601. The van der Waals surface area contributed by atoms with Gasteiger partial charge in [-0.05, 0) is 31.1 Å². The van der Waals surface area contributed by atoms with E-state index in [4.69, 9.17) is 0 Å². The third-order valence-corrected chi connectivity index (χ3v) is 2.76.